The molecule has 158 valence electrons. The highest BCUT2D eigenvalue weighted by atomic mass is 32.2. The summed E-state index contributed by atoms with van der Waals surface area (Å²) in [5.41, 5.74) is 2.22. The molecule has 0 radical (unpaired) electrons. The third-order valence-corrected chi connectivity index (χ3v) is 8.25. The number of hydrogen-bond donors (Lipinski definition) is 2. The van der Waals surface area contributed by atoms with Gasteiger partial charge >= 0.3 is 0 Å². The Balaban J connectivity index is 1.57. The zero-order chi connectivity index (χ0) is 21.3. The van der Waals surface area contributed by atoms with Gasteiger partial charge in [-0.1, -0.05) is 12.5 Å². The third kappa shape index (κ3) is 4.23. The normalized spacial score (nSPS) is 17.2. The lowest BCUT2D eigenvalue weighted by molar-refractivity contribution is -0.113. The maximum absolute atomic E-state index is 13.0. The van der Waals surface area contributed by atoms with Crippen LogP contribution in [0.2, 0.25) is 0 Å². The Morgan fingerprint density at radius 3 is 2.63 bits per heavy atom. The molecule has 4 rings (SSSR count). The molecule has 2 aliphatic rings. The van der Waals surface area contributed by atoms with Crippen LogP contribution in [0.1, 0.15) is 35.2 Å². The number of rotatable bonds is 4. The molecule has 0 aromatic heterocycles. The largest absolute Gasteiger partial charge is 0.324 e. The topological polar surface area (TPSA) is 95.6 Å². The van der Waals surface area contributed by atoms with Crippen LogP contribution < -0.4 is 10.6 Å². The van der Waals surface area contributed by atoms with Crippen molar-refractivity contribution in [3.05, 3.63) is 47.5 Å². The number of sulfonamides is 1. The Labute approximate surface area is 180 Å². The first-order valence-electron chi connectivity index (χ1n) is 9.83. The third-order valence-electron chi connectivity index (χ3n) is 5.28. The summed E-state index contributed by atoms with van der Waals surface area (Å²) < 4.78 is 27.4. The first-order chi connectivity index (χ1) is 14.3. The van der Waals surface area contributed by atoms with Crippen LogP contribution in [0, 0.1) is 6.92 Å². The smallest absolute Gasteiger partial charge is 0.255 e. The standard InChI is InChI=1S/C21H23N3O4S2/c1-14-5-7-16(30(27,28)24-9-3-2-4-10-24)12-17(14)23-21(26)15-6-8-19-18(11-15)22-20(25)13-29-19/h5-8,11-12H,2-4,9-10,13H2,1H3,(H,22,25)(H,23,26). The quantitative estimate of drug-likeness (QED) is 0.751. The molecule has 0 bridgehead atoms. The Morgan fingerprint density at radius 2 is 1.87 bits per heavy atom. The number of aryl methyl sites for hydroxylation is 1. The van der Waals surface area contributed by atoms with Crippen molar-refractivity contribution in [2.24, 2.45) is 0 Å². The second-order valence-corrected chi connectivity index (χ2v) is 10.4. The number of carbonyl (C=O) groups is 2. The number of anilines is 2. The molecule has 1 fully saturated rings. The van der Waals surface area contributed by atoms with Crippen molar-refractivity contribution in [3.8, 4) is 0 Å². The lowest BCUT2D eigenvalue weighted by Gasteiger charge is -2.26. The number of nitrogens with zero attached hydrogens (tertiary/aromatic N) is 1. The van der Waals surface area contributed by atoms with Gasteiger partial charge in [0.25, 0.3) is 5.91 Å². The van der Waals surface area contributed by atoms with Gasteiger partial charge in [0.15, 0.2) is 0 Å². The molecule has 7 nitrogen and oxygen atoms in total. The van der Waals surface area contributed by atoms with E-state index in [1.54, 1.807) is 30.3 Å². The van der Waals surface area contributed by atoms with Crippen LogP contribution in [0.4, 0.5) is 11.4 Å². The highest BCUT2D eigenvalue weighted by molar-refractivity contribution is 8.00. The number of hydrogen-bond acceptors (Lipinski definition) is 5. The summed E-state index contributed by atoms with van der Waals surface area (Å²) in [6.45, 7) is 2.87. The van der Waals surface area contributed by atoms with Gasteiger partial charge in [-0.25, -0.2) is 8.42 Å². The molecule has 0 spiro atoms. The van der Waals surface area contributed by atoms with Crippen LogP contribution in [0.3, 0.4) is 0 Å². The Hall–Kier alpha value is -2.36. The predicted molar refractivity (Wildman–Crippen MR) is 118 cm³/mol. The second-order valence-electron chi connectivity index (χ2n) is 7.44. The molecule has 0 atom stereocenters. The van der Waals surface area contributed by atoms with Crippen LogP contribution in [-0.2, 0) is 14.8 Å². The fourth-order valence-electron chi connectivity index (χ4n) is 3.57. The molecule has 0 aliphatic carbocycles. The minimum absolute atomic E-state index is 0.100. The zero-order valence-electron chi connectivity index (χ0n) is 16.6. The first kappa shape index (κ1) is 20.9. The van der Waals surface area contributed by atoms with Crippen LogP contribution in [0.25, 0.3) is 0 Å². The van der Waals surface area contributed by atoms with E-state index in [-0.39, 0.29) is 16.7 Å². The number of nitrogens with one attached hydrogen (secondary N) is 2. The van der Waals surface area contributed by atoms with Crippen molar-refractivity contribution in [2.45, 2.75) is 36.0 Å². The minimum atomic E-state index is -3.59. The highest BCUT2D eigenvalue weighted by Gasteiger charge is 2.26. The second kappa shape index (κ2) is 8.41. The fourth-order valence-corrected chi connectivity index (χ4v) is 5.90. The van der Waals surface area contributed by atoms with Gasteiger partial charge < -0.3 is 10.6 Å². The summed E-state index contributed by atoms with van der Waals surface area (Å²) in [6.07, 6.45) is 2.77. The number of fused-ring (bicyclic) bond motifs is 1. The van der Waals surface area contributed by atoms with Crippen LogP contribution in [0.15, 0.2) is 46.2 Å². The SMILES string of the molecule is Cc1ccc(S(=O)(=O)N2CCCCC2)cc1NC(=O)c1ccc2c(c1)NC(=O)CS2. The molecule has 0 unspecified atom stereocenters. The summed E-state index contributed by atoms with van der Waals surface area (Å²) in [5.74, 6) is -0.106. The summed E-state index contributed by atoms with van der Waals surface area (Å²) in [5, 5.41) is 5.59. The van der Waals surface area contributed by atoms with Crippen molar-refractivity contribution >= 4 is 45.0 Å². The van der Waals surface area contributed by atoms with Gasteiger partial charge in [-0.15, -0.1) is 11.8 Å². The molecule has 2 aromatic rings. The van der Waals surface area contributed by atoms with E-state index in [4.69, 9.17) is 0 Å². The molecule has 2 aromatic carbocycles. The molecule has 9 heteroatoms. The first-order valence-corrected chi connectivity index (χ1v) is 12.3. The maximum Gasteiger partial charge on any atom is 0.255 e. The number of thioether (sulfide) groups is 1. The number of amides is 2. The van der Waals surface area contributed by atoms with Crippen LogP contribution >= 0.6 is 11.8 Å². The predicted octanol–water partition coefficient (Wildman–Crippen LogP) is 3.47. The molecule has 1 saturated heterocycles. The van der Waals surface area contributed by atoms with Crippen LogP contribution in [-0.4, -0.2) is 43.4 Å². The number of carbonyl (C=O) groups excluding carboxylic acids is 2. The van der Waals surface area contributed by atoms with Gasteiger partial charge in [0.2, 0.25) is 15.9 Å². The Bertz CT molecular complexity index is 1110. The monoisotopic (exact) mass is 445 g/mol. The molecule has 2 amide bonds. The molecular formula is C21H23N3O4S2. The van der Waals surface area contributed by atoms with Crippen molar-refractivity contribution < 1.29 is 18.0 Å². The average molecular weight is 446 g/mol. The summed E-state index contributed by atoms with van der Waals surface area (Å²) in [6, 6.07) is 9.95. The molecular weight excluding hydrogens is 422 g/mol. The van der Waals surface area contributed by atoms with Crippen molar-refractivity contribution in [2.75, 3.05) is 29.5 Å². The number of benzene rings is 2. The van der Waals surface area contributed by atoms with Crippen molar-refractivity contribution in [1.82, 2.24) is 4.31 Å². The van der Waals surface area contributed by atoms with E-state index < -0.39 is 10.0 Å². The van der Waals surface area contributed by atoms with Gasteiger partial charge in [-0.3, -0.25) is 9.59 Å². The van der Waals surface area contributed by atoms with E-state index in [0.717, 1.165) is 29.7 Å². The van der Waals surface area contributed by atoms with Gasteiger partial charge in [-0.2, -0.15) is 4.31 Å². The van der Waals surface area contributed by atoms with E-state index in [1.165, 1.54) is 22.1 Å². The molecule has 2 N–H and O–H groups in total. The van der Waals surface area contributed by atoms with Gasteiger partial charge in [-0.05, 0) is 55.7 Å². The van der Waals surface area contributed by atoms with Crippen molar-refractivity contribution in [1.29, 1.82) is 0 Å². The van der Waals surface area contributed by atoms with E-state index in [9.17, 15) is 18.0 Å². The Morgan fingerprint density at radius 1 is 1.10 bits per heavy atom. The molecule has 0 saturated carbocycles. The van der Waals surface area contributed by atoms with E-state index in [2.05, 4.69) is 10.6 Å². The van der Waals surface area contributed by atoms with Gasteiger partial charge in [0, 0.05) is 29.2 Å². The van der Waals surface area contributed by atoms with Gasteiger partial charge in [0.05, 0.1) is 16.3 Å². The summed E-state index contributed by atoms with van der Waals surface area (Å²) >= 11 is 1.43. The minimum Gasteiger partial charge on any atom is -0.324 e. The molecule has 30 heavy (non-hydrogen) atoms. The highest BCUT2D eigenvalue weighted by Crippen LogP contribution is 2.32. The Kier molecular flexibility index (Phi) is 5.86. The van der Waals surface area contributed by atoms with E-state index >= 15 is 0 Å². The van der Waals surface area contributed by atoms with E-state index in [1.807, 2.05) is 6.92 Å². The lowest BCUT2D eigenvalue weighted by Crippen LogP contribution is -2.35. The average Bonchev–Trinajstić information content (AvgIpc) is 2.75. The maximum atomic E-state index is 13.0. The lowest BCUT2D eigenvalue weighted by atomic mass is 10.1. The molecule has 2 aliphatic heterocycles. The summed E-state index contributed by atoms with van der Waals surface area (Å²) in [7, 11) is -3.59. The van der Waals surface area contributed by atoms with Crippen molar-refractivity contribution in [3.63, 3.8) is 0 Å². The fraction of sp³-hybridized carbons (Fsp3) is 0.333. The zero-order valence-corrected chi connectivity index (χ0v) is 18.2. The summed E-state index contributed by atoms with van der Waals surface area (Å²) in [4.78, 5) is 25.5. The molecule has 2 heterocycles. The van der Waals surface area contributed by atoms with Gasteiger partial charge in [0.1, 0.15) is 0 Å². The number of piperidine rings is 1. The van der Waals surface area contributed by atoms with Crippen LogP contribution in [0.5, 0.6) is 0 Å². The van der Waals surface area contributed by atoms with E-state index in [0.29, 0.717) is 35.8 Å².